The van der Waals surface area contributed by atoms with Crippen molar-refractivity contribution in [1.82, 2.24) is 4.90 Å². The van der Waals surface area contributed by atoms with Gasteiger partial charge in [-0.15, -0.1) is 0 Å². The molecule has 1 saturated carbocycles. The van der Waals surface area contributed by atoms with Gasteiger partial charge in [0.05, 0.1) is 11.9 Å². The van der Waals surface area contributed by atoms with E-state index in [1.54, 1.807) is 31.0 Å². The zero-order chi connectivity index (χ0) is 17.2. The zero-order valence-corrected chi connectivity index (χ0v) is 15.1. The molecular formula is C17H26N2O3S. The highest BCUT2D eigenvalue weighted by molar-refractivity contribution is 7.92. The first-order valence-electron chi connectivity index (χ1n) is 8.04. The molecule has 1 aliphatic carbocycles. The quantitative estimate of drug-likeness (QED) is 0.829. The summed E-state index contributed by atoms with van der Waals surface area (Å²) in [5.74, 6) is -0.150. The van der Waals surface area contributed by atoms with E-state index < -0.39 is 16.1 Å². The molecule has 0 saturated heterocycles. The van der Waals surface area contributed by atoms with Gasteiger partial charge in [-0.1, -0.05) is 30.5 Å². The molecule has 0 spiro atoms. The van der Waals surface area contributed by atoms with E-state index in [0.717, 1.165) is 37.5 Å². The normalized spacial score (nSPS) is 17.0. The lowest BCUT2D eigenvalue weighted by molar-refractivity contribution is -0.132. The van der Waals surface area contributed by atoms with Gasteiger partial charge in [-0.05, 0) is 38.8 Å². The molecule has 0 N–H and O–H groups in total. The Morgan fingerprint density at radius 3 is 2.17 bits per heavy atom. The van der Waals surface area contributed by atoms with Crippen molar-refractivity contribution in [3.05, 3.63) is 29.8 Å². The number of aryl methyl sites for hydroxylation is 1. The molecule has 0 aromatic heterocycles. The fourth-order valence-corrected chi connectivity index (χ4v) is 4.43. The summed E-state index contributed by atoms with van der Waals surface area (Å²) >= 11 is 0. The standard InChI is InChI=1S/C17H26N2O3S/c1-13-9-11-16(12-10-13)19(23(4,21)22)14(2)17(20)18(3)15-7-5-6-8-15/h9-12,14-15H,5-8H2,1-4H3/t14-/m0/s1. The number of sulfonamides is 1. The van der Waals surface area contributed by atoms with Crippen LogP contribution in [0, 0.1) is 6.92 Å². The summed E-state index contributed by atoms with van der Waals surface area (Å²) in [4.78, 5) is 14.5. The van der Waals surface area contributed by atoms with Crippen molar-refractivity contribution in [2.45, 2.75) is 51.6 Å². The molecule has 1 aromatic carbocycles. The second kappa shape index (κ2) is 6.91. The molecule has 0 aliphatic heterocycles. The Hall–Kier alpha value is -1.56. The van der Waals surface area contributed by atoms with Gasteiger partial charge in [-0.25, -0.2) is 8.42 Å². The molecule has 128 valence electrons. The van der Waals surface area contributed by atoms with Crippen molar-refractivity contribution >= 4 is 21.6 Å². The summed E-state index contributed by atoms with van der Waals surface area (Å²) in [7, 11) is -1.76. The first-order chi connectivity index (χ1) is 10.7. The molecule has 0 heterocycles. The highest BCUT2D eigenvalue weighted by atomic mass is 32.2. The predicted molar refractivity (Wildman–Crippen MR) is 93.0 cm³/mol. The number of rotatable bonds is 5. The average molecular weight is 338 g/mol. The monoisotopic (exact) mass is 338 g/mol. The molecule has 1 atom stereocenters. The molecular weight excluding hydrogens is 312 g/mol. The topological polar surface area (TPSA) is 57.7 Å². The summed E-state index contributed by atoms with van der Waals surface area (Å²) in [5.41, 5.74) is 1.57. The summed E-state index contributed by atoms with van der Waals surface area (Å²) in [6, 6.07) is 6.67. The Morgan fingerprint density at radius 2 is 1.70 bits per heavy atom. The van der Waals surface area contributed by atoms with Crippen molar-refractivity contribution in [1.29, 1.82) is 0 Å². The number of benzene rings is 1. The molecule has 2 rings (SSSR count). The fourth-order valence-electron chi connectivity index (χ4n) is 3.26. The number of likely N-dealkylation sites (N-methyl/N-ethyl adjacent to an activating group) is 1. The molecule has 6 heteroatoms. The van der Waals surface area contributed by atoms with Crippen LogP contribution in [0.5, 0.6) is 0 Å². The third kappa shape index (κ3) is 4.05. The minimum Gasteiger partial charge on any atom is -0.341 e. The second-order valence-electron chi connectivity index (χ2n) is 6.46. The lowest BCUT2D eigenvalue weighted by Crippen LogP contribution is -2.50. The van der Waals surface area contributed by atoms with Gasteiger partial charge >= 0.3 is 0 Å². The maximum absolute atomic E-state index is 12.8. The molecule has 23 heavy (non-hydrogen) atoms. The van der Waals surface area contributed by atoms with Gasteiger partial charge in [0.1, 0.15) is 6.04 Å². The minimum absolute atomic E-state index is 0.150. The van der Waals surface area contributed by atoms with Crippen LogP contribution in [0.3, 0.4) is 0 Å². The number of nitrogens with zero attached hydrogens (tertiary/aromatic N) is 2. The van der Waals surface area contributed by atoms with Crippen molar-refractivity contribution < 1.29 is 13.2 Å². The average Bonchev–Trinajstić information content (AvgIpc) is 3.00. The van der Waals surface area contributed by atoms with Crippen LogP contribution < -0.4 is 4.31 Å². The van der Waals surface area contributed by atoms with Crippen LogP contribution in [0.2, 0.25) is 0 Å². The van der Waals surface area contributed by atoms with Crippen LogP contribution in [0.25, 0.3) is 0 Å². The highest BCUT2D eigenvalue weighted by Gasteiger charge is 2.33. The predicted octanol–water partition coefficient (Wildman–Crippen LogP) is 2.55. The van der Waals surface area contributed by atoms with Gasteiger partial charge in [0.15, 0.2) is 0 Å². The van der Waals surface area contributed by atoms with Crippen molar-refractivity contribution in [3.8, 4) is 0 Å². The summed E-state index contributed by atoms with van der Waals surface area (Å²) in [6.07, 6.45) is 5.40. The van der Waals surface area contributed by atoms with Crippen molar-refractivity contribution in [2.24, 2.45) is 0 Å². The Labute approximate surface area is 139 Å². The molecule has 1 aromatic rings. The van der Waals surface area contributed by atoms with E-state index in [-0.39, 0.29) is 11.9 Å². The van der Waals surface area contributed by atoms with Crippen LogP contribution in [0.1, 0.15) is 38.2 Å². The van der Waals surface area contributed by atoms with Gasteiger partial charge in [-0.3, -0.25) is 9.10 Å². The Bertz CT molecular complexity index is 649. The number of hydrogen-bond donors (Lipinski definition) is 0. The fraction of sp³-hybridized carbons (Fsp3) is 0.588. The number of anilines is 1. The smallest absolute Gasteiger partial charge is 0.246 e. The lowest BCUT2D eigenvalue weighted by Gasteiger charge is -2.33. The van der Waals surface area contributed by atoms with Crippen LogP contribution in [0.4, 0.5) is 5.69 Å². The summed E-state index contributed by atoms with van der Waals surface area (Å²) < 4.78 is 25.7. The molecule has 0 radical (unpaired) electrons. The third-order valence-electron chi connectivity index (χ3n) is 4.57. The van der Waals surface area contributed by atoms with E-state index in [0.29, 0.717) is 5.69 Å². The molecule has 5 nitrogen and oxygen atoms in total. The number of carbonyl (C=O) groups is 1. The second-order valence-corrected chi connectivity index (χ2v) is 8.32. The van der Waals surface area contributed by atoms with Crippen molar-refractivity contribution in [3.63, 3.8) is 0 Å². The third-order valence-corrected chi connectivity index (χ3v) is 5.82. The number of hydrogen-bond acceptors (Lipinski definition) is 3. The Morgan fingerprint density at radius 1 is 1.17 bits per heavy atom. The van der Waals surface area contributed by atoms with Gasteiger partial charge in [0, 0.05) is 13.1 Å². The summed E-state index contributed by atoms with van der Waals surface area (Å²) in [6.45, 7) is 3.60. The van der Waals surface area contributed by atoms with Crippen molar-refractivity contribution in [2.75, 3.05) is 17.6 Å². The first kappa shape index (κ1) is 17.8. The van der Waals surface area contributed by atoms with Crippen LogP contribution >= 0.6 is 0 Å². The molecule has 1 aliphatic rings. The molecule has 1 amide bonds. The van der Waals surface area contributed by atoms with E-state index in [1.165, 1.54) is 4.31 Å². The molecule has 1 fully saturated rings. The SMILES string of the molecule is Cc1ccc(N([C@@H](C)C(=O)N(C)C2CCCC2)S(C)(=O)=O)cc1. The minimum atomic E-state index is -3.55. The van der Waals surface area contributed by atoms with E-state index in [4.69, 9.17) is 0 Å². The number of carbonyl (C=O) groups excluding carboxylic acids is 1. The van der Waals surface area contributed by atoms with Gasteiger partial charge in [-0.2, -0.15) is 0 Å². The van der Waals surface area contributed by atoms with E-state index >= 15 is 0 Å². The highest BCUT2D eigenvalue weighted by Crippen LogP contribution is 2.26. The van der Waals surface area contributed by atoms with Crippen LogP contribution in [0.15, 0.2) is 24.3 Å². The number of amides is 1. The molecule has 0 bridgehead atoms. The lowest BCUT2D eigenvalue weighted by atomic mass is 10.1. The largest absolute Gasteiger partial charge is 0.341 e. The first-order valence-corrected chi connectivity index (χ1v) is 9.89. The van der Waals surface area contributed by atoms with Gasteiger partial charge < -0.3 is 4.90 Å². The van der Waals surface area contributed by atoms with Crippen LogP contribution in [-0.2, 0) is 14.8 Å². The van der Waals surface area contributed by atoms with Crippen LogP contribution in [-0.4, -0.2) is 44.6 Å². The Balaban J connectivity index is 2.28. The van der Waals surface area contributed by atoms with Gasteiger partial charge in [0.2, 0.25) is 15.9 Å². The maximum Gasteiger partial charge on any atom is 0.246 e. The van der Waals surface area contributed by atoms with E-state index in [1.807, 2.05) is 19.1 Å². The summed E-state index contributed by atoms with van der Waals surface area (Å²) in [5, 5.41) is 0. The van der Waals surface area contributed by atoms with Gasteiger partial charge in [0.25, 0.3) is 0 Å². The Kier molecular flexibility index (Phi) is 5.34. The maximum atomic E-state index is 12.8. The zero-order valence-electron chi connectivity index (χ0n) is 14.3. The van der Waals surface area contributed by atoms with E-state index in [2.05, 4.69) is 0 Å². The molecule has 0 unspecified atom stereocenters. The van der Waals surface area contributed by atoms with E-state index in [9.17, 15) is 13.2 Å².